The van der Waals surface area contributed by atoms with Gasteiger partial charge in [-0.3, -0.25) is 0 Å². The lowest BCUT2D eigenvalue weighted by Gasteiger charge is -2.05. The van der Waals surface area contributed by atoms with Gasteiger partial charge in [0.2, 0.25) is 5.22 Å². The Labute approximate surface area is 109 Å². The van der Waals surface area contributed by atoms with Crippen molar-refractivity contribution in [1.29, 1.82) is 0 Å². The number of allylic oxidation sites excluding steroid dienone is 2. The van der Waals surface area contributed by atoms with Crippen LogP contribution in [0, 0.1) is 0 Å². The van der Waals surface area contributed by atoms with Crippen molar-refractivity contribution in [2.45, 2.75) is 19.8 Å². The summed E-state index contributed by atoms with van der Waals surface area (Å²) in [6, 6.07) is 0. The van der Waals surface area contributed by atoms with Crippen LogP contribution in [0.1, 0.15) is 19.8 Å². The van der Waals surface area contributed by atoms with E-state index in [2.05, 4.69) is 0 Å². The summed E-state index contributed by atoms with van der Waals surface area (Å²) < 4.78 is 4.95. The molecule has 0 unspecified atom stereocenters. The van der Waals surface area contributed by atoms with E-state index in [4.69, 9.17) is 62.7 Å². The minimum absolute atomic E-state index is 0.00363. The van der Waals surface area contributed by atoms with Crippen LogP contribution in [0.2, 0.25) is 0 Å². The molecule has 0 saturated carbocycles. The first-order valence-corrected chi connectivity index (χ1v) is 5.78. The van der Waals surface area contributed by atoms with E-state index < -0.39 is 0 Å². The monoisotopic (exact) mass is 296 g/mol. The standard InChI is InChI=1S/C8H9Cl5O/c1-2-3-4-14-8(13)6(10)5(9)7(11)12/h2-4H2,1H3/b8-6-. The van der Waals surface area contributed by atoms with E-state index in [1.165, 1.54) is 0 Å². The molecule has 6 heteroatoms. The molecule has 0 spiro atoms. The van der Waals surface area contributed by atoms with Gasteiger partial charge in [-0.25, -0.2) is 0 Å². The van der Waals surface area contributed by atoms with Crippen molar-refractivity contribution in [1.82, 2.24) is 0 Å². The molecule has 0 N–H and O–H groups in total. The van der Waals surface area contributed by atoms with E-state index in [9.17, 15) is 0 Å². The Hall–Kier alpha value is 0.730. The fraction of sp³-hybridized carbons (Fsp3) is 0.500. The molecule has 0 amide bonds. The van der Waals surface area contributed by atoms with Gasteiger partial charge in [0.05, 0.1) is 11.6 Å². The molecule has 0 radical (unpaired) electrons. The maximum atomic E-state index is 5.72. The molecule has 0 heterocycles. The summed E-state index contributed by atoms with van der Waals surface area (Å²) >= 11 is 27.9. The van der Waals surface area contributed by atoms with Gasteiger partial charge in [-0.2, -0.15) is 0 Å². The fourth-order valence-corrected chi connectivity index (χ4v) is 1.28. The summed E-state index contributed by atoms with van der Waals surface area (Å²) in [7, 11) is 0. The van der Waals surface area contributed by atoms with Crippen LogP contribution in [0.3, 0.4) is 0 Å². The van der Waals surface area contributed by atoms with Crippen LogP contribution in [0.25, 0.3) is 0 Å². The summed E-state index contributed by atoms with van der Waals surface area (Å²) in [4.78, 5) is 0. The SMILES string of the molecule is CCCCO/C(Cl)=C(\Cl)C(Cl)=C(Cl)Cl. The summed E-state index contributed by atoms with van der Waals surface area (Å²) in [6.45, 7) is 2.51. The molecule has 0 fully saturated rings. The molecule has 82 valence electrons. The van der Waals surface area contributed by atoms with Crippen molar-refractivity contribution in [3.05, 3.63) is 19.8 Å². The number of unbranched alkanes of at least 4 members (excludes halogenated alkanes) is 1. The maximum Gasteiger partial charge on any atom is 0.207 e. The highest BCUT2D eigenvalue weighted by molar-refractivity contribution is 6.62. The minimum atomic E-state index is -0.145. The highest BCUT2D eigenvalue weighted by Gasteiger charge is 2.10. The van der Waals surface area contributed by atoms with Crippen molar-refractivity contribution in [3.8, 4) is 0 Å². The molecule has 1 nitrogen and oxygen atoms in total. The van der Waals surface area contributed by atoms with Gasteiger partial charge >= 0.3 is 0 Å². The number of hydrogen-bond donors (Lipinski definition) is 0. The lowest BCUT2D eigenvalue weighted by atomic mass is 10.4. The number of halogens is 5. The zero-order valence-electron chi connectivity index (χ0n) is 7.42. The van der Waals surface area contributed by atoms with E-state index in [1.807, 2.05) is 6.92 Å². The normalized spacial score (nSPS) is 12.1. The van der Waals surface area contributed by atoms with Crippen molar-refractivity contribution in [2.24, 2.45) is 0 Å². The molecular weight excluding hydrogens is 289 g/mol. The average molecular weight is 298 g/mol. The highest BCUT2D eigenvalue weighted by Crippen LogP contribution is 2.31. The molecule has 0 aliphatic carbocycles. The molecule has 0 aromatic heterocycles. The Morgan fingerprint density at radius 2 is 1.57 bits per heavy atom. The largest absolute Gasteiger partial charge is 0.482 e. The smallest absolute Gasteiger partial charge is 0.207 e. The first kappa shape index (κ1) is 14.7. The average Bonchev–Trinajstić information content (AvgIpc) is 2.15. The van der Waals surface area contributed by atoms with Gasteiger partial charge in [0.1, 0.15) is 9.52 Å². The molecule has 0 bridgehead atoms. The van der Waals surface area contributed by atoms with E-state index in [1.54, 1.807) is 0 Å². The molecule has 0 rings (SSSR count). The van der Waals surface area contributed by atoms with Gasteiger partial charge in [-0.15, -0.1) is 0 Å². The van der Waals surface area contributed by atoms with Crippen LogP contribution in [0.15, 0.2) is 19.8 Å². The van der Waals surface area contributed by atoms with Gasteiger partial charge in [0.15, 0.2) is 0 Å². The Morgan fingerprint density at radius 1 is 1.00 bits per heavy atom. The Balaban J connectivity index is 4.37. The van der Waals surface area contributed by atoms with Crippen LogP contribution >= 0.6 is 58.0 Å². The minimum Gasteiger partial charge on any atom is -0.482 e. The van der Waals surface area contributed by atoms with Gasteiger partial charge in [-0.1, -0.05) is 59.7 Å². The van der Waals surface area contributed by atoms with Crippen LogP contribution < -0.4 is 0 Å². The van der Waals surface area contributed by atoms with Crippen molar-refractivity contribution in [2.75, 3.05) is 6.61 Å². The lowest BCUT2D eigenvalue weighted by molar-refractivity contribution is 0.230. The molecule has 0 aromatic carbocycles. The zero-order chi connectivity index (χ0) is 11.1. The third-order valence-corrected chi connectivity index (χ3v) is 3.06. The van der Waals surface area contributed by atoms with Gasteiger partial charge in [0, 0.05) is 0 Å². The summed E-state index contributed by atoms with van der Waals surface area (Å²) in [5.41, 5.74) is 0. The third kappa shape index (κ3) is 5.57. The number of ether oxygens (including phenoxy) is 1. The van der Waals surface area contributed by atoms with E-state index >= 15 is 0 Å². The number of hydrogen-bond acceptors (Lipinski definition) is 1. The zero-order valence-corrected chi connectivity index (χ0v) is 11.2. The predicted octanol–water partition coefficient (Wildman–Crippen LogP) is 5.34. The van der Waals surface area contributed by atoms with Gasteiger partial charge < -0.3 is 4.74 Å². The van der Waals surface area contributed by atoms with E-state index in [0.717, 1.165) is 12.8 Å². The third-order valence-electron chi connectivity index (χ3n) is 1.26. The van der Waals surface area contributed by atoms with Crippen molar-refractivity contribution < 1.29 is 4.74 Å². The Morgan fingerprint density at radius 3 is 2.00 bits per heavy atom. The maximum absolute atomic E-state index is 5.72. The molecule has 0 aliphatic heterocycles. The molecular formula is C8H9Cl5O. The lowest BCUT2D eigenvalue weighted by Crippen LogP contribution is -1.92. The molecule has 0 aliphatic rings. The Kier molecular flexibility index (Phi) is 8.36. The van der Waals surface area contributed by atoms with E-state index in [0.29, 0.717) is 6.61 Å². The molecule has 0 atom stereocenters. The van der Waals surface area contributed by atoms with E-state index in [-0.39, 0.29) is 19.8 Å². The molecule has 0 saturated heterocycles. The van der Waals surface area contributed by atoms with Crippen molar-refractivity contribution in [3.63, 3.8) is 0 Å². The number of rotatable bonds is 5. The van der Waals surface area contributed by atoms with Gasteiger partial charge in [-0.05, 0) is 18.0 Å². The summed E-state index contributed by atoms with van der Waals surface area (Å²) in [5.74, 6) is 0. The summed E-state index contributed by atoms with van der Waals surface area (Å²) in [5, 5.41) is 0.00449. The molecule has 14 heavy (non-hydrogen) atoms. The first-order valence-electron chi connectivity index (χ1n) is 3.89. The highest BCUT2D eigenvalue weighted by atomic mass is 35.5. The molecule has 0 aromatic rings. The summed E-state index contributed by atoms with van der Waals surface area (Å²) in [6.07, 6.45) is 1.89. The first-order chi connectivity index (χ1) is 6.50. The van der Waals surface area contributed by atoms with Crippen molar-refractivity contribution >= 4 is 58.0 Å². The second-order valence-electron chi connectivity index (χ2n) is 2.36. The van der Waals surface area contributed by atoms with Crippen LogP contribution in [0.5, 0.6) is 0 Å². The topological polar surface area (TPSA) is 9.23 Å². The second-order valence-corrected chi connectivity index (χ2v) is 4.41. The Bertz CT molecular complexity index is 242. The van der Waals surface area contributed by atoms with Crippen LogP contribution in [-0.4, -0.2) is 6.61 Å². The second kappa shape index (κ2) is 7.95. The van der Waals surface area contributed by atoms with Crippen LogP contribution in [0.4, 0.5) is 0 Å². The predicted molar refractivity (Wildman–Crippen MR) is 64.2 cm³/mol. The fourth-order valence-electron chi connectivity index (χ4n) is 0.539. The van der Waals surface area contributed by atoms with Crippen LogP contribution in [-0.2, 0) is 4.74 Å². The van der Waals surface area contributed by atoms with Gasteiger partial charge in [0.25, 0.3) is 0 Å². The quantitative estimate of drug-likeness (QED) is 0.378.